The first-order valence-electron chi connectivity index (χ1n) is 3.50. The van der Waals surface area contributed by atoms with Crippen LogP contribution in [0, 0.1) is 6.92 Å². The topological polar surface area (TPSA) is 37.8 Å². The van der Waals surface area contributed by atoms with E-state index < -0.39 is 0 Å². The van der Waals surface area contributed by atoms with Gasteiger partial charge < -0.3 is 5.32 Å². The van der Waals surface area contributed by atoms with Gasteiger partial charge in [0.25, 0.3) is 0 Å². The fraction of sp³-hybridized carbons (Fsp3) is 0.429. The Balaban J connectivity index is 0.000000720. The smallest absolute Gasteiger partial charge is 0.222 e. The quantitative estimate of drug-likeness (QED) is 0.653. The number of halogens is 2. The van der Waals surface area contributed by atoms with Crippen molar-refractivity contribution in [2.75, 3.05) is 0 Å². The van der Waals surface area contributed by atoms with Gasteiger partial charge in [-0.05, 0) is 18.5 Å². The first-order valence-corrected chi connectivity index (χ1v) is 3.88. The van der Waals surface area contributed by atoms with Crippen LogP contribution in [0.5, 0.6) is 0 Å². The molecule has 0 radical (unpaired) electrons. The highest BCUT2D eigenvalue weighted by atomic mass is 35.5. The maximum atomic E-state index is 5.68. The van der Waals surface area contributed by atoms with Gasteiger partial charge in [-0.25, -0.2) is 9.97 Å². The Morgan fingerprint density at radius 3 is 2.83 bits per heavy atom. The van der Waals surface area contributed by atoms with Gasteiger partial charge in [0.1, 0.15) is 0 Å². The Labute approximate surface area is 82.0 Å². The molecule has 0 fully saturated rings. The second kappa shape index (κ2) is 3.56. The van der Waals surface area contributed by atoms with E-state index in [0.717, 1.165) is 24.5 Å². The maximum absolute atomic E-state index is 5.68. The SMILES string of the molecule is Cc1nc(Cl)nc2c1CNC2.Cl. The third-order valence-corrected chi connectivity index (χ3v) is 2.04. The molecule has 0 bridgehead atoms. The Hall–Kier alpha value is -0.380. The number of hydrogen-bond acceptors (Lipinski definition) is 3. The summed E-state index contributed by atoms with van der Waals surface area (Å²) in [5.41, 5.74) is 3.24. The van der Waals surface area contributed by atoms with E-state index in [4.69, 9.17) is 11.6 Å². The molecule has 0 saturated heterocycles. The Morgan fingerprint density at radius 1 is 1.33 bits per heavy atom. The van der Waals surface area contributed by atoms with Crippen molar-refractivity contribution >= 4 is 24.0 Å². The van der Waals surface area contributed by atoms with Crippen molar-refractivity contribution in [1.29, 1.82) is 0 Å². The minimum atomic E-state index is 0. The Kier molecular flexibility index (Phi) is 2.88. The van der Waals surface area contributed by atoms with Gasteiger partial charge in [-0.1, -0.05) is 0 Å². The molecule has 5 heteroatoms. The Morgan fingerprint density at radius 2 is 2.08 bits per heavy atom. The van der Waals surface area contributed by atoms with E-state index in [1.807, 2.05) is 6.92 Å². The molecule has 0 spiro atoms. The van der Waals surface area contributed by atoms with Gasteiger partial charge in [0.05, 0.1) is 5.69 Å². The summed E-state index contributed by atoms with van der Waals surface area (Å²) in [6.45, 7) is 3.65. The molecule has 1 aliphatic heterocycles. The van der Waals surface area contributed by atoms with Crippen molar-refractivity contribution in [1.82, 2.24) is 15.3 Å². The average Bonchev–Trinajstić information content (AvgIpc) is 2.34. The number of nitrogens with zero attached hydrogens (tertiary/aromatic N) is 2. The van der Waals surface area contributed by atoms with Crippen molar-refractivity contribution < 1.29 is 0 Å². The van der Waals surface area contributed by atoms with E-state index in [1.165, 1.54) is 5.56 Å². The largest absolute Gasteiger partial charge is 0.307 e. The second-order valence-corrected chi connectivity index (χ2v) is 2.94. The lowest BCUT2D eigenvalue weighted by Crippen LogP contribution is -2.00. The number of aromatic nitrogens is 2. The van der Waals surface area contributed by atoms with Crippen molar-refractivity contribution in [3.8, 4) is 0 Å². The van der Waals surface area contributed by atoms with Crippen LogP contribution in [-0.4, -0.2) is 9.97 Å². The molecule has 1 aliphatic rings. The average molecular weight is 206 g/mol. The van der Waals surface area contributed by atoms with Crippen molar-refractivity contribution in [3.05, 3.63) is 22.2 Å². The second-order valence-electron chi connectivity index (χ2n) is 2.61. The summed E-state index contributed by atoms with van der Waals surface area (Å²) in [7, 11) is 0. The molecule has 66 valence electrons. The van der Waals surface area contributed by atoms with E-state index in [0.29, 0.717) is 5.28 Å². The fourth-order valence-corrected chi connectivity index (χ4v) is 1.53. The van der Waals surface area contributed by atoms with E-state index in [-0.39, 0.29) is 12.4 Å². The van der Waals surface area contributed by atoms with Crippen LogP contribution in [0.4, 0.5) is 0 Å². The maximum Gasteiger partial charge on any atom is 0.222 e. The predicted octanol–water partition coefficient (Wildman–Crippen LogP) is 1.46. The summed E-state index contributed by atoms with van der Waals surface area (Å²) in [4.78, 5) is 8.17. The van der Waals surface area contributed by atoms with E-state index in [2.05, 4.69) is 15.3 Å². The number of rotatable bonds is 0. The van der Waals surface area contributed by atoms with Crippen LogP contribution in [0.25, 0.3) is 0 Å². The van der Waals surface area contributed by atoms with E-state index in [9.17, 15) is 0 Å². The number of hydrogen-bond donors (Lipinski definition) is 1. The van der Waals surface area contributed by atoms with Gasteiger partial charge in [0.15, 0.2) is 0 Å². The van der Waals surface area contributed by atoms with E-state index >= 15 is 0 Å². The van der Waals surface area contributed by atoms with Crippen molar-refractivity contribution in [2.24, 2.45) is 0 Å². The van der Waals surface area contributed by atoms with Crippen molar-refractivity contribution in [3.63, 3.8) is 0 Å². The lowest BCUT2D eigenvalue weighted by molar-refractivity contribution is 0.756. The summed E-state index contributed by atoms with van der Waals surface area (Å²) in [6.07, 6.45) is 0. The molecule has 3 nitrogen and oxygen atoms in total. The first kappa shape index (κ1) is 9.71. The molecule has 0 amide bonds. The fourth-order valence-electron chi connectivity index (χ4n) is 1.30. The minimum absolute atomic E-state index is 0. The monoisotopic (exact) mass is 205 g/mol. The molecule has 2 heterocycles. The van der Waals surface area contributed by atoms with Gasteiger partial charge in [-0.3, -0.25) is 0 Å². The van der Waals surface area contributed by atoms with Gasteiger partial charge in [0.2, 0.25) is 5.28 Å². The summed E-state index contributed by atoms with van der Waals surface area (Å²) in [5, 5.41) is 3.55. The number of nitrogens with one attached hydrogen (secondary N) is 1. The van der Waals surface area contributed by atoms with Gasteiger partial charge in [0, 0.05) is 24.3 Å². The highest BCUT2D eigenvalue weighted by Crippen LogP contribution is 2.17. The van der Waals surface area contributed by atoms with Gasteiger partial charge in [-0.2, -0.15) is 0 Å². The molecule has 1 aromatic heterocycles. The number of aryl methyl sites for hydroxylation is 1. The lowest BCUT2D eigenvalue weighted by Gasteiger charge is -2.00. The molecule has 12 heavy (non-hydrogen) atoms. The third kappa shape index (κ3) is 1.53. The van der Waals surface area contributed by atoms with Crippen molar-refractivity contribution in [2.45, 2.75) is 20.0 Å². The summed E-state index contributed by atoms with van der Waals surface area (Å²) >= 11 is 5.68. The van der Waals surface area contributed by atoms with Crippen LogP contribution >= 0.6 is 24.0 Å². The predicted molar refractivity (Wildman–Crippen MR) is 49.6 cm³/mol. The molecule has 0 atom stereocenters. The minimum Gasteiger partial charge on any atom is -0.307 e. The molecule has 0 unspecified atom stereocenters. The molecule has 0 saturated carbocycles. The molecule has 1 aromatic rings. The van der Waals surface area contributed by atoms with Crippen LogP contribution in [0.2, 0.25) is 5.28 Å². The highest BCUT2D eigenvalue weighted by Gasteiger charge is 2.15. The molecule has 0 aliphatic carbocycles. The van der Waals surface area contributed by atoms with Gasteiger partial charge >= 0.3 is 0 Å². The molecule has 2 rings (SSSR count). The Bertz CT molecular complexity index is 301. The zero-order chi connectivity index (χ0) is 7.84. The lowest BCUT2D eigenvalue weighted by atomic mass is 10.2. The third-order valence-electron chi connectivity index (χ3n) is 1.87. The molecular weight excluding hydrogens is 197 g/mol. The molecule has 1 N–H and O–H groups in total. The van der Waals surface area contributed by atoms with Crippen LogP contribution in [0.1, 0.15) is 17.0 Å². The van der Waals surface area contributed by atoms with Crippen LogP contribution in [0.15, 0.2) is 0 Å². The molecule has 0 aromatic carbocycles. The summed E-state index contributed by atoms with van der Waals surface area (Å²) in [6, 6.07) is 0. The van der Waals surface area contributed by atoms with Crippen LogP contribution in [0.3, 0.4) is 0 Å². The van der Waals surface area contributed by atoms with Crippen LogP contribution in [-0.2, 0) is 13.1 Å². The summed E-state index contributed by atoms with van der Waals surface area (Å²) < 4.78 is 0. The highest BCUT2D eigenvalue weighted by molar-refractivity contribution is 6.28. The standard InChI is InChI=1S/C7H8ClN3.ClH/c1-4-5-2-9-3-6(5)11-7(8)10-4;/h9H,2-3H2,1H3;1H. The normalized spacial score (nSPS) is 13.8. The van der Waals surface area contributed by atoms with E-state index in [1.54, 1.807) is 0 Å². The van der Waals surface area contributed by atoms with Crippen LogP contribution < -0.4 is 5.32 Å². The first-order chi connectivity index (χ1) is 5.27. The summed E-state index contributed by atoms with van der Waals surface area (Å²) in [5.74, 6) is 0. The zero-order valence-corrected chi connectivity index (χ0v) is 8.17. The molecular formula is C7H9Cl2N3. The zero-order valence-electron chi connectivity index (χ0n) is 6.59. The van der Waals surface area contributed by atoms with Gasteiger partial charge in [-0.15, -0.1) is 12.4 Å². The number of fused-ring (bicyclic) bond motifs is 1.